The highest BCUT2D eigenvalue weighted by atomic mass is 32.1. The Balaban J connectivity index is 1.47. The van der Waals surface area contributed by atoms with Crippen molar-refractivity contribution in [3.05, 3.63) is 66.0 Å². The van der Waals surface area contributed by atoms with Crippen molar-refractivity contribution < 1.29 is 4.74 Å². The average Bonchev–Trinajstić information content (AvgIpc) is 3.02. The lowest BCUT2D eigenvalue weighted by Crippen LogP contribution is -2.03. The molecule has 2 N–H and O–H groups in total. The molecule has 0 unspecified atom stereocenters. The summed E-state index contributed by atoms with van der Waals surface area (Å²) in [5.41, 5.74) is 2.50. The number of aromatic amines is 1. The number of fused-ring (bicyclic) bond motifs is 1. The van der Waals surface area contributed by atoms with Crippen molar-refractivity contribution >= 4 is 29.6 Å². The van der Waals surface area contributed by atoms with Crippen LogP contribution in [-0.2, 0) is 6.54 Å². The number of imidazole rings is 1. The van der Waals surface area contributed by atoms with Gasteiger partial charge < -0.3 is 15.0 Å². The Labute approximate surface area is 156 Å². The maximum Gasteiger partial charge on any atom is 0.188 e. The number of aryl methyl sites for hydroxylation is 1. The lowest BCUT2D eigenvalue weighted by Gasteiger charge is -2.09. The molecule has 6 nitrogen and oxygen atoms in total. The highest BCUT2D eigenvalue weighted by Gasteiger charge is 2.10. The Morgan fingerprint density at radius 1 is 0.962 bits per heavy atom. The molecule has 0 radical (unpaired) electrons. The first-order valence-corrected chi connectivity index (χ1v) is 8.61. The number of aromatic nitrogens is 4. The van der Waals surface area contributed by atoms with Crippen LogP contribution in [0.2, 0.25) is 0 Å². The van der Waals surface area contributed by atoms with Gasteiger partial charge >= 0.3 is 0 Å². The van der Waals surface area contributed by atoms with Gasteiger partial charge in [-0.25, -0.2) is 15.0 Å². The fourth-order valence-corrected chi connectivity index (χ4v) is 2.81. The molecule has 0 amide bonds. The molecule has 2 heterocycles. The monoisotopic (exact) mass is 363 g/mol. The van der Waals surface area contributed by atoms with Crippen molar-refractivity contribution in [3.63, 3.8) is 0 Å². The summed E-state index contributed by atoms with van der Waals surface area (Å²) >= 11 is 4.25. The van der Waals surface area contributed by atoms with Crippen LogP contribution in [0.4, 0.5) is 5.82 Å². The van der Waals surface area contributed by atoms with Crippen LogP contribution >= 0.6 is 12.6 Å². The van der Waals surface area contributed by atoms with Gasteiger partial charge in [0.05, 0.1) is 0 Å². The van der Waals surface area contributed by atoms with Crippen LogP contribution in [0.15, 0.2) is 59.8 Å². The van der Waals surface area contributed by atoms with E-state index in [0.29, 0.717) is 23.2 Å². The lowest BCUT2D eigenvalue weighted by molar-refractivity contribution is 0.482. The first kappa shape index (κ1) is 16.4. The molecule has 0 atom stereocenters. The molecule has 2 aromatic carbocycles. The third-order valence-corrected chi connectivity index (χ3v) is 4.02. The Morgan fingerprint density at radius 3 is 2.46 bits per heavy atom. The van der Waals surface area contributed by atoms with Gasteiger partial charge in [0.25, 0.3) is 0 Å². The van der Waals surface area contributed by atoms with Gasteiger partial charge in [0.2, 0.25) is 0 Å². The fraction of sp³-hybridized carbons (Fsp3) is 0.105. The highest BCUT2D eigenvalue weighted by molar-refractivity contribution is 7.80. The Bertz CT molecular complexity index is 1030. The Kier molecular flexibility index (Phi) is 4.45. The fourth-order valence-electron chi connectivity index (χ4n) is 2.61. The molecule has 130 valence electrons. The summed E-state index contributed by atoms with van der Waals surface area (Å²) in [7, 11) is 0. The maximum atomic E-state index is 5.81. The predicted molar refractivity (Wildman–Crippen MR) is 104 cm³/mol. The summed E-state index contributed by atoms with van der Waals surface area (Å²) in [6.45, 7) is 2.50. The molecule has 7 heteroatoms. The lowest BCUT2D eigenvalue weighted by atomic mass is 10.2. The summed E-state index contributed by atoms with van der Waals surface area (Å²) in [5, 5.41) is 3.70. The number of rotatable bonds is 5. The largest absolute Gasteiger partial charge is 0.457 e. The minimum atomic E-state index is 0.387. The van der Waals surface area contributed by atoms with Crippen LogP contribution in [-0.4, -0.2) is 19.9 Å². The third kappa shape index (κ3) is 3.62. The van der Waals surface area contributed by atoms with E-state index < -0.39 is 0 Å². The first-order valence-electron chi connectivity index (χ1n) is 8.16. The zero-order valence-corrected chi connectivity index (χ0v) is 15.0. The van der Waals surface area contributed by atoms with E-state index in [1.165, 1.54) is 0 Å². The van der Waals surface area contributed by atoms with E-state index in [1.807, 2.05) is 61.5 Å². The van der Waals surface area contributed by atoms with Gasteiger partial charge in [-0.15, -0.1) is 12.6 Å². The number of nitrogens with one attached hydrogen (secondary N) is 2. The first-order chi connectivity index (χ1) is 12.7. The smallest absolute Gasteiger partial charge is 0.188 e. The molecule has 0 aliphatic rings. The van der Waals surface area contributed by atoms with Crippen LogP contribution in [0.1, 0.15) is 11.4 Å². The minimum absolute atomic E-state index is 0.387. The van der Waals surface area contributed by atoms with E-state index in [2.05, 4.69) is 37.9 Å². The van der Waals surface area contributed by atoms with E-state index in [-0.39, 0.29) is 0 Å². The number of H-pyrrole nitrogens is 1. The number of hydrogen-bond acceptors (Lipinski definition) is 6. The zero-order chi connectivity index (χ0) is 17.9. The van der Waals surface area contributed by atoms with E-state index >= 15 is 0 Å². The molecule has 0 spiro atoms. The molecule has 2 aromatic heterocycles. The van der Waals surface area contributed by atoms with Gasteiger partial charge in [0.1, 0.15) is 22.8 Å². The second-order valence-corrected chi connectivity index (χ2v) is 6.21. The van der Waals surface area contributed by atoms with Crippen LogP contribution in [0.25, 0.3) is 11.2 Å². The molecular formula is C19H17N5OS. The number of benzene rings is 2. The second kappa shape index (κ2) is 7.05. The van der Waals surface area contributed by atoms with Gasteiger partial charge in [0, 0.05) is 6.54 Å². The van der Waals surface area contributed by atoms with Gasteiger partial charge in [-0.2, -0.15) is 0 Å². The molecule has 4 aromatic rings. The summed E-state index contributed by atoms with van der Waals surface area (Å²) in [6, 6.07) is 17.6. The average molecular weight is 363 g/mol. The molecule has 0 aliphatic heterocycles. The summed E-state index contributed by atoms with van der Waals surface area (Å²) < 4.78 is 5.81. The summed E-state index contributed by atoms with van der Waals surface area (Å²) in [5.74, 6) is 3.09. The molecule has 0 saturated heterocycles. The number of ether oxygens (including phenoxy) is 1. The molecule has 0 aliphatic carbocycles. The number of para-hydroxylation sites is 1. The number of hydrogen-bond donors (Lipinski definition) is 3. The molecule has 4 rings (SSSR count). The SMILES string of the molecule is Cc1nc2nc(S)nc(NCc3ccc(Oc4ccccc4)cc3)c2[nH]1. The van der Waals surface area contributed by atoms with Crippen molar-refractivity contribution in [2.75, 3.05) is 5.32 Å². The van der Waals surface area contributed by atoms with Crippen molar-refractivity contribution in [1.82, 2.24) is 19.9 Å². The molecule has 0 bridgehead atoms. The van der Waals surface area contributed by atoms with Gasteiger partial charge in [0.15, 0.2) is 16.6 Å². The van der Waals surface area contributed by atoms with Gasteiger partial charge in [-0.05, 0) is 36.8 Å². The molecule has 0 saturated carbocycles. The topological polar surface area (TPSA) is 75.7 Å². The molecular weight excluding hydrogens is 346 g/mol. The minimum Gasteiger partial charge on any atom is -0.457 e. The van der Waals surface area contributed by atoms with Crippen molar-refractivity contribution in [2.45, 2.75) is 18.6 Å². The van der Waals surface area contributed by atoms with Gasteiger partial charge in [-0.3, -0.25) is 0 Å². The Morgan fingerprint density at radius 2 is 1.69 bits per heavy atom. The normalized spacial score (nSPS) is 10.8. The van der Waals surface area contributed by atoms with Crippen molar-refractivity contribution in [1.29, 1.82) is 0 Å². The summed E-state index contributed by atoms with van der Waals surface area (Å²) in [4.78, 5) is 16.1. The summed E-state index contributed by atoms with van der Waals surface area (Å²) in [6.07, 6.45) is 0. The Hall–Kier alpha value is -3.06. The number of nitrogens with zero attached hydrogens (tertiary/aromatic N) is 3. The van der Waals surface area contributed by atoms with E-state index in [0.717, 1.165) is 28.4 Å². The van der Waals surface area contributed by atoms with E-state index in [1.54, 1.807) is 0 Å². The number of thiol groups is 1. The zero-order valence-electron chi connectivity index (χ0n) is 14.1. The third-order valence-electron chi connectivity index (χ3n) is 3.82. The van der Waals surface area contributed by atoms with E-state index in [4.69, 9.17) is 4.74 Å². The number of anilines is 1. The van der Waals surface area contributed by atoms with Crippen LogP contribution in [0.3, 0.4) is 0 Å². The maximum absolute atomic E-state index is 5.81. The highest BCUT2D eigenvalue weighted by Crippen LogP contribution is 2.23. The predicted octanol–water partition coefficient (Wildman–Crippen LogP) is 4.35. The van der Waals surface area contributed by atoms with E-state index in [9.17, 15) is 0 Å². The van der Waals surface area contributed by atoms with Crippen molar-refractivity contribution in [3.8, 4) is 11.5 Å². The van der Waals surface area contributed by atoms with Crippen LogP contribution in [0, 0.1) is 6.92 Å². The van der Waals surface area contributed by atoms with Crippen molar-refractivity contribution in [2.24, 2.45) is 0 Å². The molecule has 26 heavy (non-hydrogen) atoms. The van der Waals surface area contributed by atoms with Crippen LogP contribution < -0.4 is 10.1 Å². The standard InChI is InChI=1S/C19H17N5OS/c1-12-21-16-17(23-19(26)24-18(16)22-12)20-11-13-7-9-15(10-8-13)25-14-5-3-2-4-6-14/h2-10H,11H2,1H3,(H3,20,21,22,23,24,26). The molecule has 0 fully saturated rings. The van der Waals surface area contributed by atoms with Gasteiger partial charge in [-0.1, -0.05) is 30.3 Å². The quantitative estimate of drug-likeness (QED) is 0.363. The second-order valence-electron chi connectivity index (χ2n) is 5.81. The van der Waals surface area contributed by atoms with Crippen LogP contribution in [0.5, 0.6) is 11.5 Å².